The molecule has 3 aromatic rings. The Hall–Kier alpha value is -3.68. The van der Waals surface area contributed by atoms with Gasteiger partial charge >= 0.3 is 5.97 Å². The highest BCUT2D eigenvalue weighted by molar-refractivity contribution is 5.87. The topological polar surface area (TPSA) is 118 Å². The van der Waals surface area contributed by atoms with Crippen LogP contribution in [0.2, 0.25) is 0 Å². The zero-order valence-corrected chi connectivity index (χ0v) is 12.2. The Morgan fingerprint density at radius 3 is 2.25 bits per heavy atom. The van der Waals surface area contributed by atoms with Gasteiger partial charge in [0, 0.05) is 23.8 Å². The molecule has 0 saturated carbocycles. The fraction of sp³-hybridized carbons (Fsp3) is 0. The lowest BCUT2D eigenvalue weighted by Gasteiger charge is -2.09. The van der Waals surface area contributed by atoms with Crippen LogP contribution in [0.3, 0.4) is 0 Å². The van der Waals surface area contributed by atoms with Gasteiger partial charge in [0.2, 0.25) is 0 Å². The Morgan fingerprint density at radius 2 is 1.71 bits per heavy atom. The normalized spacial score (nSPS) is 10.5. The molecule has 2 aromatic carbocycles. The summed E-state index contributed by atoms with van der Waals surface area (Å²) in [6.07, 6.45) is 0. The van der Waals surface area contributed by atoms with Gasteiger partial charge in [0.1, 0.15) is 0 Å². The second-order valence-corrected chi connectivity index (χ2v) is 5.00. The highest BCUT2D eigenvalue weighted by Crippen LogP contribution is 2.23. The van der Waals surface area contributed by atoms with Crippen molar-refractivity contribution < 1.29 is 14.8 Å². The first-order chi connectivity index (χ1) is 11.5. The summed E-state index contributed by atoms with van der Waals surface area (Å²) in [6.45, 7) is 0. The Morgan fingerprint density at radius 1 is 1.08 bits per heavy atom. The molecule has 1 heterocycles. The number of hydrogen-bond acceptors (Lipinski definition) is 4. The van der Waals surface area contributed by atoms with Gasteiger partial charge in [-0.15, -0.1) is 0 Å². The van der Waals surface area contributed by atoms with E-state index in [1.165, 1.54) is 35.0 Å². The number of carboxylic acids is 1. The number of nitrogens with zero attached hydrogens (tertiary/aromatic N) is 2. The molecule has 24 heavy (non-hydrogen) atoms. The quantitative estimate of drug-likeness (QED) is 0.564. The molecular weight excluding hydrogens is 314 g/mol. The molecule has 0 aliphatic heterocycles. The second-order valence-electron chi connectivity index (χ2n) is 5.00. The summed E-state index contributed by atoms with van der Waals surface area (Å²) < 4.78 is 1.50. The van der Waals surface area contributed by atoms with Gasteiger partial charge in [0.05, 0.1) is 21.9 Å². The Bertz CT molecular complexity index is 890. The van der Waals surface area contributed by atoms with Crippen molar-refractivity contribution in [3.05, 3.63) is 80.6 Å². The molecule has 120 valence electrons. The number of aromatic amines is 1. The summed E-state index contributed by atoms with van der Waals surface area (Å²) in [4.78, 5) is 32.9. The molecule has 0 amide bonds. The first kappa shape index (κ1) is 15.2. The minimum Gasteiger partial charge on any atom is -0.478 e. The van der Waals surface area contributed by atoms with Crippen LogP contribution in [0.15, 0.2) is 59.4 Å². The third kappa shape index (κ3) is 2.80. The molecule has 0 atom stereocenters. The van der Waals surface area contributed by atoms with Crippen LogP contribution in [-0.4, -0.2) is 25.8 Å². The van der Waals surface area contributed by atoms with E-state index >= 15 is 0 Å². The molecule has 8 heteroatoms. The molecule has 8 nitrogen and oxygen atoms in total. The summed E-state index contributed by atoms with van der Waals surface area (Å²) in [5, 5.41) is 22.3. The van der Waals surface area contributed by atoms with Crippen LogP contribution in [-0.2, 0) is 0 Å². The van der Waals surface area contributed by atoms with E-state index in [9.17, 15) is 19.7 Å². The fourth-order valence-corrected chi connectivity index (χ4v) is 2.31. The maximum atomic E-state index is 11.7. The SMILES string of the molecule is O=C(O)c1ccc(-n2[nH]c(=O)cc2-c2ccc([N+](=O)[O-])cc2)cc1. The van der Waals surface area contributed by atoms with Gasteiger partial charge in [0.15, 0.2) is 0 Å². The molecule has 0 spiro atoms. The minimum atomic E-state index is -1.04. The third-order valence-corrected chi connectivity index (χ3v) is 3.48. The molecule has 0 bridgehead atoms. The number of non-ortho nitro benzene ring substituents is 1. The van der Waals surface area contributed by atoms with Crippen molar-refractivity contribution in [3.63, 3.8) is 0 Å². The van der Waals surface area contributed by atoms with Crippen LogP contribution in [0.5, 0.6) is 0 Å². The van der Waals surface area contributed by atoms with Gasteiger partial charge in [-0.3, -0.25) is 24.7 Å². The Labute approximate surface area is 134 Å². The van der Waals surface area contributed by atoms with Crippen LogP contribution < -0.4 is 5.56 Å². The van der Waals surface area contributed by atoms with Gasteiger partial charge in [0.25, 0.3) is 11.2 Å². The van der Waals surface area contributed by atoms with Crippen LogP contribution in [0.25, 0.3) is 16.9 Å². The zero-order chi connectivity index (χ0) is 17.3. The molecule has 2 N–H and O–H groups in total. The van der Waals surface area contributed by atoms with Gasteiger partial charge in [-0.1, -0.05) is 0 Å². The summed E-state index contributed by atoms with van der Waals surface area (Å²) in [5.41, 5.74) is 1.43. The zero-order valence-electron chi connectivity index (χ0n) is 12.2. The van der Waals surface area contributed by atoms with Crippen molar-refractivity contribution in [2.24, 2.45) is 0 Å². The maximum absolute atomic E-state index is 11.7. The molecule has 0 aliphatic rings. The largest absolute Gasteiger partial charge is 0.478 e. The second kappa shape index (κ2) is 5.84. The number of nitrogens with one attached hydrogen (secondary N) is 1. The third-order valence-electron chi connectivity index (χ3n) is 3.48. The van der Waals surface area contributed by atoms with E-state index in [4.69, 9.17) is 5.11 Å². The molecule has 0 saturated heterocycles. The van der Waals surface area contributed by atoms with Crippen molar-refractivity contribution in [2.75, 3.05) is 0 Å². The summed E-state index contributed by atoms with van der Waals surface area (Å²) >= 11 is 0. The van der Waals surface area contributed by atoms with E-state index in [0.717, 1.165) is 0 Å². The van der Waals surface area contributed by atoms with E-state index < -0.39 is 10.9 Å². The minimum absolute atomic E-state index is 0.0472. The first-order valence-corrected chi connectivity index (χ1v) is 6.86. The number of nitro benzene ring substituents is 1. The van der Waals surface area contributed by atoms with Crippen molar-refractivity contribution in [3.8, 4) is 16.9 Å². The molecule has 0 aliphatic carbocycles. The van der Waals surface area contributed by atoms with E-state index in [1.807, 2.05) is 0 Å². The Kier molecular flexibility index (Phi) is 3.70. The van der Waals surface area contributed by atoms with Crippen molar-refractivity contribution in [1.29, 1.82) is 0 Å². The van der Waals surface area contributed by atoms with Crippen molar-refractivity contribution in [2.45, 2.75) is 0 Å². The fourth-order valence-electron chi connectivity index (χ4n) is 2.31. The molecule has 1 aromatic heterocycles. The van der Waals surface area contributed by atoms with Crippen LogP contribution >= 0.6 is 0 Å². The highest BCUT2D eigenvalue weighted by Gasteiger charge is 2.12. The maximum Gasteiger partial charge on any atom is 0.335 e. The number of carbonyl (C=O) groups is 1. The van der Waals surface area contributed by atoms with E-state index in [-0.39, 0.29) is 16.8 Å². The predicted molar refractivity (Wildman–Crippen MR) is 85.4 cm³/mol. The molecular formula is C16H11N3O5. The number of nitro groups is 1. The number of H-pyrrole nitrogens is 1. The Balaban J connectivity index is 2.06. The summed E-state index contributed by atoms with van der Waals surface area (Å²) in [7, 11) is 0. The average Bonchev–Trinajstić information content (AvgIpc) is 2.97. The summed E-state index contributed by atoms with van der Waals surface area (Å²) in [5.74, 6) is -1.04. The number of rotatable bonds is 4. The molecule has 0 fully saturated rings. The van der Waals surface area contributed by atoms with Crippen LogP contribution in [0.1, 0.15) is 10.4 Å². The van der Waals surface area contributed by atoms with Gasteiger partial charge in [-0.05, 0) is 36.4 Å². The van der Waals surface area contributed by atoms with Crippen molar-refractivity contribution in [1.82, 2.24) is 9.78 Å². The molecule has 0 radical (unpaired) electrons. The molecule has 3 rings (SSSR count). The number of aromatic carboxylic acids is 1. The summed E-state index contributed by atoms with van der Waals surface area (Å²) in [6, 6.07) is 13.1. The average molecular weight is 325 g/mol. The van der Waals surface area contributed by atoms with E-state index in [0.29, 0.717) is 16.9 Å². The predicted octanol–water partition coefficient (Wildman–Crippen LogP) is 2.44. The lowest BCUT2D eigenvalue weighted by atomic mass is 10.1. The number of hydrogen-bond donors (Lipinski definition) is 2. The van der Waals surface area contributed by atoms with Crippen LogP contribution in [0.4, 0.5) is 5.69 Å². The highest BCUT2D eigenvalue weighted by atomic mass is 16.6. The number of carboxylic acid groups (broad SMARTS) is 1. The smallest absolute Gasteiger partial charge is 0.335 e. The van der Waals surface area contributed by atoms with E-state index in [1.54, 1.807) is 24.3 Å². The monoisotopic (exact) mass is 325 g/mol. The standard InChI is InChI=1S/C16H11N3O5/c20-15-9-14(10-1-7-13(8-2-10)19(23)24)18(17-15)12-5-3-11(4-6-12)16(21)22/h1-9H,(H,17,20)(H,21,22). The van der Waals surface area contributed by atoms with Gasteiger partial charge in [-0.25, -0.2) is 4.79 Å². The molecule has 0 unspecified atom stereocenters. The van der Waals surface area contributed by atoms with Crippen LogP contribution in [0, 0.1) is 10.1 Å². The number of aromatic nitrogens is 2. The lowest BCUT2D eigenvalue weighted by Crippen LogP contribution is -2.05. The first-order valence-electron chi connectivity index (χ1n) is 6.86. The van der Waals surface area contributed by atoms with Gasteiger partial charge < -0.3 is 5.11 Å². The number of benzene rings is 2. The van der Waals surface area contributed by atoms with Crippen molar-refractivity contribution >= 4 is 11.7 Å². The van der Waals surface area contributed by atoms with Gasteiger partial charge in [-0.2, -0.15) is 0 Å². The lowest BCUT2D eigenvalue weighted by molar-refractivity contribution is -0.384. The van der Waals surface area contributed by atoms with E-state index in [2.05, 4.69) is 5.10 Å².